The van der Waals surface area contributed by atoms with Gasteiger partial charge >= 0.3 is 0 Å². The van der Waals surface area contributed by atoms with Crippen molar-refractivity contribution in [1.29, 1.82) is 0 Å². The summed E-state index contributed by atoms with van der Waals surface area (Å²) in [4.78, 5) is 14.7. The molecule has 2 aliphatic heterocycles. The second-order valence-corrected chi connectivity index (χ2v) is 6.20. The molecule has 3 rings (SSSR count). The summed E-state index contributed by atoms with van der Waals surface area (Å²) in [5, 5.41) is 3.37. The van der Waals surface area contributed by atoms with Crippen molar-refractivity contribution in [3.8, 4) is 0 Å². The number of hydrogen-bond donors (Lipinski definition) is 1. The number of amides is 1. The molecule has 2 aliphatic rings. The maximum absolute atomic E-state index is 12.8. The van der Waals surface area contributed by atoms with Crippen LogP contribution in [0.5, 0.6) is 0 Å². The molecule has 1 unspecified atom stereocenters. The number of nitrogens with one attached hydrogen (secondary N) is 1. The number of rotatable bonds is 1. The van der Waals surface area contributed by atoms with E-state index in [2.05, 4.69) is 17.4 Å². The van der Waals surface area contributed by atoms with Gasteiger partial charge in [-0.25, -0.2) is 0 Å². The predicted octanol–water partition coefficient (Wildman–Crippen LogP) is 1.51. The van der Waals surface area contributed by atoms with Crippen molar-refractivity contribution in [2.24, 2.45) is 0 Å². The van der Waals surface area contributed by atoms with Crippen LogP contribution in [-0.4, -0.2) is 42.6 Å². The van der Waals surface area contributed by atoms with Gasteiger partial charge in [0, 0.05) is 19.6 Å². The van der Waals surface area contributed by atoms with Crippen LogP contribution in [0.25, 0.3) is 0 Å². The topological polar surface area (TPSA) is 41.6 Å². The van der Waals surface area contributed by atoms with Crippen LogP contribution in [-0.2, 0) is 16.0 Å². The lowest BCUT2D eigenvalue weighted by atomic mass is 9.93. The van der Waals surface area contributed by atoms with Gasteiger partial charge in [0.2, 0.25) is 5.91 Å². The van der Waals surface area contributed by atoms with Crippen LogP contribution in [0.2, 0.25) is 0 Å². The first kappa shape index (κ1) is 13.6. The largest absolute Gasteiger partial charge is 0.372 e. The first-order chi connectivity index (χ1) is 9.57. The van der Waals surface area contributed by atoms with Crippen molar-refractivity contribution in [1.82, 2.24) is 10.2 Å². The van der Waals surface area contributed by atoms with Crippen molar-refractivity contribution in [3.63, 3.8) is 0 Å². The van der Waals surface area contributed by atoms with Gasteiger partial charge in [-0.2, -0.15) is 0 Å². The molecule has 1 saturated heterocycles. The van der Waals surface area contributed by atoms with Crippen LogP contribution < -0.4 is 5.32 Å². The Morgan fingerprint density at radius 1 is 1.40 bits per heavy atom. The summed E-state index contributed by atoms with van der Waals surface area (Å²) < 4.78 is 5.69. The molecule has 0 aliphatic carbocycles. The van der Waals surface area contributed by atoms with Crippen molar-refractivity contribution < 1.29 is 9.53 Å². The second kappa shape index (κ2) is 5.19. The van der Waals surface area contributed by atoms with E-state index < -0.39 is 0 Å². The van der Waals surface area contributed by atoms with Crippen molar-refractivity contribution in [3.05, 3.63) is 35.4 Å². The standard InChI is InChI=1S/C16H22N2O2/c1-16(2)11-18(9-10-20-16)15(19)14-13-6-4-3-5-12(13)7-8-17-14/h3-6,14,17H,7-11H2,1-2H3. The van der Waals surface area contributed by atoms with Crippen molar-refractivity contribution >= 4 is 5.91 Å². The minimum absolute atomic E-state index is 0.175. The molecule has 2 heterocycles. The lowest BCUT2D eigenvalue weighted by Gasteiger charge is -2.40. The summed E-state index contributed by atoms with van der Waals surface area (Å²) in [6, 6.07) is 8.04. The Kier molecular flexibility index (Phi) is 3.52. The minimum atomic E-state index is -0.248. The fourth-order valence-electron chi connectivity index (χ4n) is 3.11. The van der Waals surface area contributed by atoms with Crippen molar-refractivity contribution in [2.75, 3.05) is 26.2 Å². The number of morpholine rings is 1. The highest BCUT2D eigenvalue weighted by Crippen LogP contribution is 2.26. The third kappa shape index (κ3) is 2.58. The molecule has 1 amide bonds. The molecule has 0 bridgehead atoms. The quantitative estimate of drug-likeness (QED) is 0.844. The van der Waals surface area contributed by atoms with Gasteiger partial charge in [0.1, 0.15) is 6.04 Å². The lowest BCUT2D eigenvalue weighted by molar-refractivity contribution is -0.148. The molecule has 20 heavy (non-hydrogen) atoms. The summed E-state index contributed by atoms with van der Waals surface area (Å²) in [6.07, 6.45) is 0.995. The number of carbonyl (C=O) groups is 1. The van der Waals surface area contributed by atoms with Gasteiger partial charge in [0.05, 0.1) is 12.2 Å². The van der Waals surface area contributed by atoms with Crippen LogP contribution in [0.1, 0.15) is 31.0 Å². The van der Waals surface area contributed by atoms with E-state index in [9.17, 15) is 4.79 Å². The van der Waals surface area contributed by atoms with Crippen molar-refractivity contribution in [2.45, 2.75) is 31.9 Å². The molecular weight excluding hydrogens is 252 g/mol. The van der Waals surface area contributed by atoms with Gasteiger partial charge in [-0.3, -0.25) is 4.79 Å². The van der Waals surface area contributed by atoms with Crippen LogP contribution >= 0.6 is 0 Å². The highest BCUT2D eigenvalue weighted by Gasteiger charge is 2.35. The van der Waals surface area contributed by atoms with E-state index >= 15 is 0 Å². The molecule has 1 N–H and O–H groups in total. The third-order valence-corrected chi connectivity index (χ3v) is 4.09. The SMILES string of the molecule is CC1(C)CN(C(=O)C2NCCc3ccccc32)CCO1. The van der Waals surface area contributed by atoms with E-state index in [4.69, 9.17) is 4.74 Å². The molecule has 4 nitrogen and oxygen atoms in total. The van der Waals surface area contributed by atoms with E-state index in [-0.39, 0.29) is 17.6 Å². The number of carbonyl (C=O) groups excluding carboxylic acids is 1. The van der Waals surface area contributed by atoms with Crippen LogP contribution in [0.3, 0.4) is 0 Å². The molecule has 0 aromatic heterocycles. The molecule has 0 spiro atoms. The third-order valence-electron chi connectivity index (χ3n) is 4.09. The summed E-state index contributed by atoms with van der Waals surface area (Å²) in [7, 11) is 0. The summed E-state index contributed by atoms with van der Waals surface area (Å²) >= 11 is 0. The lowest BCUT2D eigenvalue weighted by Crippen LogP contribution is -2.54. The highest BCUT2D eigenvalue weighted by molar-refractivity contribution is 5.84. The summed E-state index contributed by atoms with van der Waals surface area (Å²) in [5.41, 5.74) is 2.17. The van der Waals surface area contributed by atoms with Gasteiger partial charge in [0.25, 0.3) is 0 Å². The van der Waals surface area contributed by atoms with E-state index in [1.807, 2.05) is 30.9 Å². The molecule has 1 fully saturated rings. The molecule has 4 heteroatoms. The van der Waals surface area contributed by atoms with Crippen LogP contribution in [0.4, 0.5) is 0 Å². The molecule has 0 saturated carbocycles. The van der Waals surface area contributed by atoms with Gasteiger partial charge in [0.15, 0.2) is 0 Å². The summed E-state index contributed by atoms with van der Waals surface area (Å²) in [5.74, 6) is 0.175. The maximum Gasteiger partial charge on any atom is 0.244 e. The smallest absolute Gasteiger partial charge is 0.244 e. The average Bonchev–Trinajstić information content (AvgIpc) is 2.45. The Hall–Kier alpha value is -1.39. The first-order valence-electron chi connectivity index (χ1n) is 7.31. The zero-order valence-corrected chi connectivity index (χ0v) is 12.2. The van der Waals surface area contributed by atoms with Gasteiger partial charge in [-0.15, -0.1) is 0 Å². The van der Waals surface area contributed by atoms with E-state index in [0.717, 1.165) is 18.5 Å². The van der Waals surface area contributed by atoms with Crippen LogP contribution in [0.15, 0.2) is 24.3 Å². The zero-order valence-electron chi connectivity index (χ0n) is 12.2. The minimum Gasteiger partial charge on any atom is -0.372 e. The Labute approximate surface area is 120 Å². The van der Waals surface area contributed by atoms with E-state index in [0.29, 0.717) is 19.7 Å². The number of hydrogen-bond acceptors (Lipinski definition) is 3. The van der Waals surface area contributed by atoms with Gasteiger partial charge in [-0.05, 0) is 31.4 Å². The predicted molar refractivity (Wildman–Crippen MR) is 77.5 cm³/mol. The highest BCUT2D eigenvalue weighted by atomic mass is 16.5. The maximum atomic E-state index is 12.8. The Morgan fingerprint density at radius 3 is 3.00 bits per heavy atom. The van der Waals surface area contributed by atoms with Crippen LogP contribution in [0, 0.1) is 0 Å². The molecule has 108 valence electrons. The molecule has 0 radical (unpaired) electrons. The number of nitrogens with zero attached hydrogens (tertiary/aromatic N) is 1. The van der Waals surface area contributed by atoms with E-state index in [1.165, 1.54) is 5.56 Å². The Bertz CT molecular complexity index is 513. The fraction of sp³-hybridized carbons (Fsp3) is 0.562. The number of ether oxygens (including phenoxy) is 1. The van der Waals surface area contributed by atoms with Gasteiger partial charge in [-0.1, -0.05) is 24.3 Å². The molecule has 1 atom stereocenters. The average molecular weight is 274 g/mol. The van der Waals surface area contributed by atoms with Gasteiger partial charge < -0.3 is 15.0 Å². The Balaban J connectivity index is 1.81. The fourth-order valence-corrected chi connectivity index (χ4v) is 3.11. The normalized spacial score (nSPS) is 25.1. The number of fused-ring (bicyclic) bond motifs is 1. The monoisotopic (exact) mass is 274 g/mol. The second-order valence-electron chi connectivity index (χ2n) is 6.20. The number of benzene rings is 1. The zero-order chi connectivity index (χ0) is 14.2. The molecule has 1 aromatic rings. The first-order valence-corrected chi connectivity index (χ1v) is 7.31. The summed E-state index contributed by atoms with van der Waals surface area (Å²) in [6.45, 7) is 6.90. The Morgan fingerprint density at radius 2 is 2.20 bits per heavy atom. The molecule has 1 aromatic carbocycles. The molecular formula is C16H22N2O2. The van der Waals surface area contributed by atoms with E-state index in [1.54, 1.807) is 0 Å².